The molecule has 0 aliphatic heterocycles. The molecule has 0 aliphatic rings. The van der Waals surface area contributed by atoms with Crippen molar-refractivity contribution in [2.75, 3.05) is 0 Å². The third-order valence-electron chi connectivity index (χ3n) is 0. The molecule has 0 rings (SSSR count). The molecule has 0 aromatic heterocycles. The van der Waals surface area contributed by atoms with Crippen LogP contribution in [0.4, 0.5) is 0 Å². The van der Waals surface area contributed by atoms with Gasteiger partial charge in [-0.05, 0) is 0 Å². The monoisotopic (exact) mass is 490 g/mol. The zero-order valence-corrected chi connectivity index (χ0v) is 11.5. The minimum Gasteiger partial charge on any atom is -1.00 e. The van der Waals surface area contributed by atoms with Gasteiger partial charge in [-0.1, -0.05) is 0 Å². The van der Waals surface area contributed by atoms with Crippen molar-refractivity contribution >= 4 is 7.32 Å². The van der Waals surface area contributed by atoms with Crippen molar-refractivity contribution in [1.82, 2.24) is 0 Å². The summed E-state index contributed by atoms with van der Waals surface area (Å²) in [6.07, 6.45) is 0. The van der Waals surface area contributed by atoms with E-state index in [4.69, 9.17) is 15.1 Å². The summed E-state index contributed by atoms with van der Waals surface area (Å²) < 4.78 is 0. The van der Waals surface area contributed by atoms with Gasteiger partial charge >= 0.3 is 29.0 Å². The smallest absolute Gasteiger partial charge is 1.00 e. The van der Waals surface area contributed by atoms with Crippen LogP contribution in [-0.4, -0.2) is 17.4 Å². The second-order valence-electron chi connectivity index (χ2n) is 0.326. The van der Waals surface area contributed by atoms with Crippen LogP contribution in [0.5, 0.6) is 0 Å². The van der Waals surface area contributed by atoms with E-state index in [9.17, 15) is 0 Å². The van der Waals surface area contributed by atoms with Gasteiger partial charge in [0.15, 0.2) is 0 Å². The van der Waals surface area contributed by atoms with Gasteiger partial charge < -0.3 is 87.0 Å². The molecule has 0 saturated heterocycles. The molecule has 0 bridgehead atoms. The standard InChI is InChI=1S/BH2O3.3HI.Ti/c2-1(3)4;;;;/h2-3H;3*1H;/q-1;;;;+4/p-3. The fourth-order valence-corrected chi connectivity index (χ4v) is 0. The molecule has 0 unspecified atom stereocenters. The Morgan fingerprint density at radius 2 is 1.00 bits per heavy atom. The molecule has 8 heavy (non-hydrogen) atoms. The summed E-state index contributed by atoms with van der Waals surface area (Å²) in [6.45, 7) is 0. The van der Waals surface area contributed by atoms with Gasteiger partial charge in [0, 0.05) is 0 Å². The Morgan fingerprint density at radius 1 is 1.00 bits per heavy atom. The van der Waals surface area contributed by atoms with Gasteiger partial charge in [-0.15, -0.1) is 0 Å². The van der Waals surface area contributed by atoms with E-state index in [0.717, 1.165) is 0 Å². The molecule has 3 nitrogen and oxygen atoms in total. The molecule has 0 aromatic carbocycles. The van der Waals surface area contributed by atoms with Gasteiger partial charge in [0.25, 0.3) is 0 Å². The Balaban J connectivity index is -0.00000000750. The summed E-state index contributed by atoms with van der Waals surface area (Å²) in [6, 6.07) is 0. The van der Waals surface area contributed by atoms with E-state index in [1.165, 1.54) is 0 Å². The third-order valence-corrected chi connectivity index (χ3v) is 0. The molecule has 0 atom stereocenters. The first-order valence-electron chi connectivity index (χ1n) is 0.752. The molecule has 0 aliphatic carbocycles. The van der Waals surface area contributed by atoms with Crippen molar-refractivity contribution in [1.29, 1.82) is 0 Å². The molecule has 48 valence electrons. The SMILES string of the molecule is [I-].[I-].[I-].[O-]B(O)O.[Ti+4]. The van der Waals surface area contributed by atoms with Crippen molar-refractivity contribution in [3.8, 4) is 0 Å². The molecule has 0 radical (unpaired) electrons. The predicted molar refractivity (Wildman–Crippen MR) is 10.2 cm³/mol. The largest absolute Gasteiger partial charge is 4.00 e. The van der Waals surface area contributed by atoms with E-state index < -0.39 is 7.32 Å². The Bertz CT molecular complexity index is 19.2. The molecule has 0 aromatic rings. The fraction of sp³-hybridized carbons (Fsp3) is 0. The van der Waals surface area contributed by atoms with Crippen LogP contribution in [-0.2, 0) is 21.7 Å². The quantitative estimate of drug-likeness (QED) is 0.263. The van der Waals surface area contributed by atoms with Crippen LogP contribution < -0.4 is 77.0 Å². The fourth-order valence-electron chi connectivity index (χ4n) is 0. The summed E-state index contributed by atoms with van der Waals surface area (Å²) >= 11 is 0. The number of hydrogen-bond acceptors (Lipinski definition) is 3. The summed E-state index contributed by atoms with van der Waals surface area (Å²) in [4.78, 5) is 0. The predicted octanol–water partition coefficient (Wildman–Crippen LogP) is -11.7. The van der Waals surface area contributed by atoms with Crippen LogP contribution in [0.15, 0.2) is 0 Å². The maximum Gasteiger partial charge on any atom is 4.00 e. The van der Waals surface area contributed by atoms with Gasteiger partial charge in [-0.25, -0.2) is 0 Å². The van der Waals surface area contributed by atoms with Gasteiger partial charge in [-0.2, -0.15) is 0 Å². The number of rotatable bonds is 0. The van der Waals surface area contributed by atoms with E-state index in [2.05, 4.69) is 0 Å². The Hall–Kier alpha value is 2.85. The Morgan fingerprint density at radius 3 is 1.00 bits per heavy atom. The average Bonchev–Trinajstić information content (AvgIpc) is 0.811. The van der Waals surface area contributed by atoms with Gasteiger partial charge in [0.1, 0.15) is 0 Å². The molecular formula is H2BI3O3Ti. The van der Waals surface area contributed by atoms with Gasteiger partial charge in [0.05, 0.1) is 0 Å². The summed E-state index contributed by atoms with van der Waals surface area (Å²) in [5, 5.41) is 22.8. The molecule has 0 amide bonds. The second-order valence-corrected chi connectivity index (χ2v) is 0.326. The van der Waals surface area contributed by atoms with Crippen LogP contribution >= 0.6 is 0 Å². The maximum absolute atomic E-state index is 8.64. The van der Waals surface area contributed by atoms with Crippen molar-refractivity contribution in [3.63, 3.8) is 0 Å². The summed E-state index contributed by atoms with van der Waals surface area (Å²) in [5.41, 5.74) is 0. The first-order valence-corrected chi connectivity index (χ1v) is 0.752. The van der Waals surface area contributed by atoms with E-state index in [1.807, 2.05) is 0 Å². The van der Waals surface area contributed by atoms with Gasteiger partial charge in [0.2, 0.25) is 0 Å². The number of halogens is 3. The van der Waals surface area contributed by atoms with Crippen molar-refractivity contribution in [2.24, 2.45) is 0 Å². The molecule has 0 spiro atoms. The molecule has 0 saturated carbocycles. The Kier molecular flexibility index (Phi) is 86.7. The van der Waals surface area contributed by atoms with Crippen molar-refractivity contribution in [2.45, 2.75) is 0 Å². The average molecular weight is 489 g/mol. The topological polar surface area (TPSA) is 63.5 Å². The van der Waals surface area contributed by atoms with E-state index in [-0.39, 0.29) is 93.6 Å². The van der Waals surface area contributed by atoms with Crippen molar-refractivity contribution < 1.29 is 109 Å². The maximum atomic E-state index is 8.64. The number of hydrogen-bond donors (Lipinski definition) is 2. The molecule has 8 heteroatoms. The zero-order valence-electron chi connectivity index (χ0n) is 3.51. The van der Waals surface area contributed by atoms with Crippen molar-refractivity contribution in [3.05, 3.63) is 0 Å². The van der Waals surface area contributed by atoms with Crippen LogP contribution in [0.3, 0.4) is 0 Å². The molecule has 2 N–H and O–H groups in total. The molecular weight excluding hydrogens is 487 g/mol. The van der Waals surface area contributed by atoms with Gasteiger partial charge in [-0.3, -0.25) is 0 Å². The minimum atomic E-state index is -2.42. The summed E-state index contributed by atoms with van der Waals surface area (Å²) in [5.74, 6) is 0. The van der Waals surface area contributed by atoms with Crippen LogP contribution in [0, 0.1) is 0 Å². The first-order chi connectivity index (χ1) is 1.73. The van der Waals surface area contributed by atoms with Crippen LogP contribution in [0.2, 0.25) is 0 Å². The first kappa shape index (κ1) is 30.8. The Labute approximate surface area is 114 Å². The third kappa shape index (κ3) is 67.2. The van der Waals surface area contributed by atoms with E-state index >= 15 is 0 Å². The second kappa shape index (κ2) is 22.5. The minimum absolute atomic E-state index is 0. The molecule has 0 fully saturated rings. The van der Waals surface area contributed by atoms with E-state index in [1.54, 1.807) is 0 Å². The van der Waals surface area contributed by atoms with Crippen LogP contribution in [0.25, 0.3) is 0 Å². The van der Waals surface area contributed by atoms with Crippen LogP contribution in [0.1, 0.15) is 0 Å². The normalized spacial score (nSPS) is 3.38. The summed E-state index contributed by atoms with van der Waals surface area (Å²) in [7, 11) is -2.42. The van der Waals surface area contributed by atoms with E-state index in [0.29, 0.717) is 0 Å². The zero-order chi connectivity index (χ0) is 3.58. The molecule has 0 heterocycles.